The van der Waals surface area contributed by atoms with Crippen LogP contribution >= 0.6 is 11.6 Å². The van der Waals surface area contributed by atoms with Crippen LogP contribution in [0.25, 0.3) is 0 Å². The minimum Gasteiger partial charge on any atom is -0.467 e. The van der Waals surface area contributed by atoms with Gasteiger partial charge in [0, 0.05) is 28.4 Å². The van der Waals surface area contributed by atoms with Crippen LogP contribution in [0.5, 0.6) is 5.75 Å². The minimum absolute atomic E-state index is 0.0634. The Morgan fingerprint density at radius 3 is 2.80 bits per heavy atom. The highest BCUT2D eigenvalue weighted by Crippen LogP contribution is 2.32. The van der Waals surface area contributed by atoms with Crippen LogP contribution in [0, 0.1) is 6.92 Å². The van der Waals surface area contributed by atoms with Crippen molar-refractivity contribution in [2.24, 2.45) is 0 Å². The molecule has 2 aromatic carbocycles. The van der Waals surface area contributed by atoms with E-state index in [-0.39, 0.29) is 19.2 Å². The molecule has 3 rings (SSSR count). The lowest BCUT2D eigenvalue weighted by atomic mass is 10.1. The summed E-state index contributed by atoms with van der Waals surface area (Å²) in [5, 5.41) is 3.54. The molecule has 1 aliphatic heterocycles. The van der Waals surface area contributed by atoms with Crippen molar-refractivity contribution in [3.8, 4) is 5.75 Å². The number of hydrogen-bond donors (Lipinski definition) is 1. The van der Waals surface area contributed by atoms with E-state index in [1.165, 1.54) is 0 Å². The van der Waals surface area contributed by atoms with E-state index >= 15 is 0 Å². The molecule has 2 aromatic rings. The van der Waals surface area contributed by atoms with Gasteiger partial charge in [-0.1, -0.05) is 29.3 Å². The fourth-order valence-electron chi connectivity index (χ4n) is 2.80. The van der Waals surface area contributed by atoms with Crippen LogP contribution in [0.3, 0.4) is 0 Å². The lowest BCUT2D eigenvalue weighted by molar-refractivity contribution is -0.117. The molecule has 0 saturated carbocycles. The van der Waals surface area contributed by atoms with Crippen molar-refractivity contribution in [3.63, 3.8) is 0 Å². The number of halogens is 1. The molecule has 6 heteroatoms. The van der Waals surface area contributed by atoms with Crippen LogP contribution in [0.4, 0.5) is 5.69 Å². The molecule has 0 aliphatic carbocycles. The number of anilines is 1. The highest BCUT2D eigenvalue weighted by atomic mass is 35.5. The Morgan fingerprint density at radius 2 is 2.04 bits per heavy atom. The van der Waals surface area contributed by atoms with Crippen LogP contribution in [0.15, 0.2) is 36.4 Å². The number of rotatable bonds is 5. The molecule has 1 N–H and O–H groups in total. The number of aryl methyl sites for hydroxylation is 1. The predicted octanol–water partition coefficient (Wildman–Crippen LogP) is 3.59. The first-order chi connectivity index (χ1) is 12.0. The van der Waals surface area contributed by atoms with Gasteiger partial charge in [-0.05, 0) is 38.2 Å². The van der Waals surface area contributed by atoms with Gasteiger partial charge < -0.3 is 14.8 Å². The van der Waals surface area contributed by atoms with Crippen molar-refractivity contribution in [3.05, 3.63) is 58.1 Å². The van der Waals surface area contributed by atoms with E-state index in [0.717, 1.165) is 28.1 Å². The molecule has 1 amide bonds. The van der Waals surface area contributed by atoms with E-state index in [1.807, 2.05) is 55.3 Å². The molecular formula is C19H21ClN2O3. The number of carbonyl (C=O) groups excluding carboxylic acids is 1. The summed E-state index contributed by atoms with van der Waals surface area (Å²) in [6, 6.07) is 11.5. The third-order valence-electron chi connectivity index (χ3n) is 3.94. The summed E-state index contributed by atoms with van der Waals surface area (Å²) in [6.07, 6.45) is 0. The van der Waals surface area contributed by atoms with E-state index < -0.39 is 0 Å². The monoisotopic (exact) mass is 360 g/mol. The molecule has 0 saturated heterocycles. The quantitative estimate of drug-likeness (QED) is 0.885. The van der Waals surface area contributed by atoms with E-state index in [9.17, 15) is 4.79 Å². The Morgan fingerprint density at radius 1 is 1.28 bits per heavy atom. The van der Waals surface area contributed by atoms with Crippen molar-refractivity contribution in [1.82, 2.24) is 4.90 Å². The maximum Gasteiger partial charge on any atom is 0.238 e. The van der Waals surface area contributed by atoms with Crippen molar-refractivity contribution in [2.45, 2.75) is 20.1 Å². The molecule has 25 heavy (non-hydrogen) atoms. The number of amides is 1. The van der Waals surface area contributed by atoms with Gasteiger partial charge in [0.2, 0.25) is 5.91 Å². The second-order valence-corrected chi connectivity index (χ2v) is 6.69. The standard InChI is InChI=1S/C19H21ClN2O3/c1-13-3-5-17(6-4-13)21-18(23)10-22(2)9-14-7-16(20)8-15-11-24-12-25-19(14)15/h3-8H,9-12H2,1-2H3,(H,21,23). The maximum absolute atomic E-state index is 12.2. The molecule has 0 bridgehead atoms. The number of nitrogens with zero attached hydrogens (tertiary/aromatic N) is 1. The van der Waals surface area contributed by atoms with Crippen molar-refractivity contribution < 1.29 is 14.3 Å². The second kappa shape index (κ2) is 7.87. The van der Waals surface area contributed by atoms with Gasteiger partial charge in [0.25, 0.3) is 0 Å². The summed E-state index contributed by atoms with van der Waals surface area (Å²) in [5.41, 5.74) is 3.84. The molecule has 0 atom stereocenters. The molecule has 0 spiro atoms. The second-order valence-electron chi connectivity index (χ2n) is 6.25. The van der Waals surface area contributed by atoms with Gasteiger partial charge in [-0.2, -0.15) is 0 Å². The summed E-state index contributed by atoms with van der Waals surface area (Å²) in [6.45, 7) is 3.56. The first kappa shape index (κ1) is 17.7. The Kier molecular flexibility index (Phi) is 5.58. The maximum atomic E-state index is 12.2. The molecule has 0 unspecified atom stereocenters. The summed E-state index contributed by atoms with van der Waals surface area (Å²) in [4.78, 5) is 14.1. The summed E-state index contributed by atoms with van der Waals surface area (Å²) in [7, 11) is 1.89. The Labute approximate surface area is 152 Å². The number of carbonyl (C=O) groups is 1. The number of ether oxygens (including phenoxy) is 2. The Hall–Kier alpha value is -2.08. The van der Waals surface area contributed by atoms with Gasteiger partial charge in [-0.3, -0.25) is 9.69 Å². The van der Waals surface area contributed by atoms with E-state index in [2.05, 4.69) is 5.32 Å². The summed E-state index contributed by atoms with van der Waals surface area (Å²) >= 11 is 6.18. The van der Waals surface area contributed by atoms with Crippen LogP contribution in [-0.4, -0.2) is 31.2 Å². The van der Waals surface area contributed by atoms with Gasteiger partial charge in [0.1, 0.15) is 5.75 Å². The predicted molar refractivity (Wildman–Crippen MR) is 97.9 cm³/mol. The van der Waals surface area contributed by atoms with E-state index in [1.54, 1.807) is 0 Å². The molecule has 0 aromatic heterocycles. The average molecular weight is 361 g/mol. The fourth-order valence-corrected chi connectivity index (χ4v) is 3.07. The van der Waals surface area contributed by atoms with Crippen LogP contribution in [-0.2, 0) is 22.7 Å². The van der Waals surface area contributed by atoms with Gasteiger partial charge in [0.15, 0.2) is 6.79 Å². The zero-order valence-electron chi connectivity index (χ0n) is 14.3. The van der Waals surface area contributed by atoms with Crippen LogP contribution in [0.1, 0.15) is 16.7 Å². The Bertz CT molecular complexity index is 762. The summed E-state index contributed by atoms with van der Waals surface area (Å²) in [5.74, 6) is 0.743. The average Bonchev–Trinajstić information content (AvgIpc) is 2.56. The highest BCUT2D eigenvalue weighted by Gasteiger charge is 2.18. The summed E-state index contributed by atoms with van der Waals surface area (Å²) < 4.78 is 10.9. The lowest BCUT2D eigenvalue weighted by Gasteiger charge is -2.23. The first-order valence-electron chi connectivity index (χ1n) is 8.08. The van der Waals surface area contributed by atoms with E-state index in [0.29, 0.717) is 18.2 Å². The zero-order valence-corrected chi connectivity index (χ0v) is 15.1. The normalized spacial score (nSPS) is 13.3. The molecule has 5 nitrogen and oxygen atoms in total. The van der Waals surface area contributed by atoms with Crippen molar-refractivity contribution in [2.75, 3.05) is 25.7 Å². The SMILES string of the molecule is Cc1ccc(NC(=O)CN(C)Cc2cc(Cl)cc3c2OCOC3)cc1. The highest BCUT2D eigenvalue weighted by molar-refractivity contribution is 6.30. The topological polar surface area (TPSA) is 50.8 Å². The van der Waals surface area contributed by atoms with Gasteiger partial charge in [0.05, 0.1) is 13.2 Å². The zero-order chi connectivity index (χ0) is 17.8. The Balaban J connectivity index is 1.62. The molecular weight excluding hydrogens is 340 g/mol. The number of likely N-dealkylation sites (N-methyl/N-ethyl adjacent to an activating group) is 1. The molecule has 0 fully saturated rings. The number of hydrogen-bond acceptors (Lipinski definition) is 4. The molecule has 0 radical (unpaired) electrons. The number of benzene rings is 2. The van der Waals surface area contributed by atoms with Gasteiger partial charge in [-0.15, -0.1) is 0 Å². The molecule has 132 valence electrons. The fraction of sp³-hybridized carbons (Fsp3) is 0.316. The van der Waals surface area contributed by atoms with Crippen molar-refractivity contribution >= 4 is 23.2 Å². The third-order valence-corrected chi connectivity index (χ3v) is 4.16. The first-order valence-corrected chi connectivity index (χ1v) is 8.46. The third kappa shape index (κ3) is 4.72. The molecule has 1 aliphatic rings. The van der Waals surface area contributed by atoms with Crippen LogP contribution in [0.2, 0.25) is 5.02 Å². The van der Waals surface area contributed by atoms with Gasteiger partial charge >= 0.3 is 0 Å². The van der Waals surface area contributed by atoms with E-state index in [4.69, 9.17) is 21.1 Å². The minimum atomic E-state index is -0.0634. The van der Waals surface area contributed by atoms with Gasteiger partial charge in [-0.25, -0.2) is 0 Å². The number of fused-ring (bicyclic) bond motifs is 1. The largest absolute Gasteiger partial charge is 0.467 e. The van der Waals surface area contributed by atoms with Crippen LogP contribution < -0.4 is 10.1 Å². The van der Waals surface area contributed by atoms with Crippen molar-refractivity contribution in [1.29, 1.82) is 0 Å². The number of nitrogens with one attached hydrogen (secondary N) is 1. The lowest BCUT2D eigenvalue weighted by Crippen LogP contribution is -2.30. The molecule has 1 heterocycles. The smallest absolute Gasteiger partial charge is 0.238 e.